The maximum Gasteiger partial charge on any atom is 0.338 e. The Kier molecular flexibility index (Phi) is 4.28. The molecule has 0 aliphatic rings. The van der Waals surface area contributed by atoms with Crippen LogP contribution in [0.1, 0.15) is 29.3 Å². The molecule has 0 fully saturated rings. The molecule has 0 bridgehead atoms. The van der Waals surface area contributed by atoms with Gasteiger partial charge in [-0.25, -0.2) is 4.79 Å². The molecule has 1 aromatic carbocycles. The maximum absolute atomic E-state index is 11.5. The first-order valence-corrected chi connectivity index (χ1v) is 4.95. The van der Waals surface area contributed by atoms with Crippen molar-refractivity contribution < 1.29 is 9.53 Å². The fourth-order valence-corrected chi connectivity index (χ4v) is 1.08. The molecule has 3 nitrogen and oxygen atoms in total. The highest BCUT2D eigenvalue weighted by Crippen LogP contribution is 2.06. The van der Waals surface area contributed by atoms with Crippen molar-refractivity contribution in [1.29, 1.82) is 5.26 Å². The minimum atomic E-state index is -0.370. The Labute approximate surface area is 95.0 Å². The lowest BCUT2D eigenvalue weighted by Crippen LogP contribution is -2.06. The van der Waals surface area contributed by atoms with Crippen LogP contribution in [-0.4, -0.2) is 12.6 Å². The van der Waals surface area contributed by atoms with E-state index in [1.165, 1.54) is 0 Å². The SMILES string of the molecule is C=C(C)CCOC(=O)c1ccc(C#N)cc1. The van der Waals surface area contributed by atoms with Gasteiger partial charge in [-0.2, -0.15) is 5.26 Å². The van der Waals surface area contributed by atoms with E-state index in [1.54, 1.807) is 24.3 Å². The summed E-state index contributed by atoms with van der Waals surface area (Å²) in [6.07, 6.45) is 0.669. The average Bonchev–Trinajstić information content (AvgIpc) is 2.28. The van der Waals surface area contributed by atoms with Crippen LogP contribution in [0.3, 0.4) is 0 Å². The zero-order valence-corrected chi connectivity index (χ0v) is 9.19. The van der Waals surface area contributed by atoms with Gasteiger partial charge in [-0.1, -0.05) is 5.57 Å². The summed E-state index contributed by atoms with van der Waals surface area (Å²) < 4.78 is 5.03. The van der Waals surface area contributed by atoms with E-state index in [-0.39, 0.29) is 5.97 Å². The van der Waals surface area contributed by atoms with E-state index in [4.69, 9.17) is 10.00 Å². The highest BCUT2D eigenvalue weighted by atomic mass is 16.5. The molecule has 0 atom stereocenters. The quantitative estimate of drug-likeness (QED) is 0.573. The Hall–Kier alpha value is -2.08. The molecule has 1 rings (SSSR count). The first-order valence-electron chi connectivity index (χ1n) is 4.95. The second-order valence-corrected chi connectivity index (χ2v) is 3.53. The van der Waals surface area contributed by atoms with E-state index >= 15 is 0 Å². The largest absolute Gasteiger partial charge is 0.462 e. The second-order valence-electron chi connectivity index (χ2n) is 3.53. The van der Waals surface area contributed by atoms with Gasteiger partial charge in [0.15, 0.2) is 0 Å². The lowest BCUT2D eigenvalue weighted by molar-refractivity contribution is 0.0509. The lowest BCUT2D eigenvalue weighted by Gasteiger charge is -2.04. The molecule has 1 aromatic rings. The van der Waals surface area contributed by atoms with Crippen molar-refractivity contribution in [3.8, 4) is 6.07 Å². The highest BCUT2D eigenvalue weighted by Gasteiger charge is 2.06. The third-order valence-corrected chi connectivity index (χ3v) is 2.01. The molecule has 16 heavy (non-hydrogen) atoms. The van der Waals surface area contributed by atoms with Gasteiger partial charge >= 0.3 is 5.97 Å². The molecule has 0 unspecified atom stereocenters. The number of carbonyl (C=O) groups is 1. The van der Waals surface area contributed by atoms with E-state index in [2.05, 4.69) is 6.58 Å². The van der Waals surface area contributed by atoms with E-state index < -0.39 is 0 Å². The van der Waals surface area contributed by atoms with Crippen molar-refractivity contribution in [2.45, 2.75) is 13.3 Å². The summed E-state index contributed by atoms with van der Waals surface area (Å²) >= 11 is 0. The van der Waals surface area contributed by atoms with Crippen LogP contribution in [0.2, 0.25) is 0 Å². The number of esters is 1. The Bertz CT molecular complexity index is 426. The minimum absolute atomic E-state index is 0.341. The fraction of sp³-hybridized carbons (Fsp3) is 0.231. The number of carbonyl (C=O) groups excluding carboxylic acids is 1. The molecular weight excluding hydrogens is 202 g/mol. The molecule has 3 heteroatoms. The van der Waals surface area contributed by atoms with Gasteiger partial charge in [0.1, 0.15) is 0 Å². The van der Waals surface area contributed by atoms with Crippen molar-refractivity contribution in [2.75, 3.05) is 6.61 Å². The molecule has 0 amide bonds. The third kappa shape index (κ3) is 3.58. The van der Waals surface area contributed by atoms with Gasteiger partial charge in [0.2, 0.25) is 0 Å². The van der Waals surface area contributed by atoms with Crippen LogP contribution in [0.4, 0.5) is 0 Å². The Morgan fingerprint density at radius 3 is 2.56 bits per heavy atom. The lowest BCUT2D eigenvalue weighted by atomic mass is 10.1. The molecule has 0 radical (unpaired) electrons. The molecule has 0 saturated heterocycles. The summed E-state index contributed by atoms with van der Waals surface area (Å²) in [4.78, 5) is 11.5. The van der Waals surface area contributed by atoms with Crippen molar-refractivity contribution in [3.63, 3.8) is 0 Å². The molecule has 0 aliphatic heterocycles. The average molecular weight is 215 g/mol. The van der Waals surface area contributed by atoms with Crippen LogP contribution in [0.25, 0.3) is 0 Å². The predicted octanol–water partition coefficient (Wildman–Crippen LogP) is 2.68. The number of hydrogen-bond acceptors (Lipinski definition) is 3. The van der Waals surface area contributed by atoms with E-state index in [1.807, 2.05) is 13.0 Å². The number of benzene rings is 1. The van der Waals surface area contributed by atoms with Crippen molar-refractivity contribution in [1.82, 2.24) is 0 Å². The first kappa shape index (κ1) is 12.0. The molecule has 0 aliphatic carbocycles. The smallest absolute Gasteiger partial charge is 0.338 e. The van der Waals surface area contributed by atoms with Crippen molar-refractivity contribution in [3.05, 3.63) is 47.5 Å². The van der Waals surface area contributed by atoms with Gasteiger partial charge in [-0.15, -0.1) is 6.58 Å². The first-order chi connectivity index (χ1) is 7.63. The Morgan fingerprint density at radius 1 is 1.44 bits per heavy atom. The molecule has 0 saturated carbocycles. The van der Waals surface area contributed by atoms with Crippen molar-refractivity contribution in [2.24, 2.45) is 0 Å². The van der Waals surface area contributed by atoms with Gasteiger partial charge in [0.05, 0.1) is 23.8 Å². The van der Waals surface area contributed by atoms with Crippen LogP contribution >= 0.6 is 0 Å². The van der Waals surface area contributed by atoms with E-state index in [0.717, 1.165) is 5.57 Å². The fourth-order valence-electron chi connectivity index (χ4n) is 1.08. The molecular formula is C13H13NO2. The van der Waals surface area contributed by atoms with Gasteiger partial charge < -0.3 is 4.74 Å². The van der Waals surface area contributed by atoms with Crippen LogP contribution in [0.15, 0.2) is 36.4 Å². The van der Waals surface area contributed by atoms with Crippen LogP contribution in [0.5, 0.6) is 0 Å². The highest BCUT2D eigenvalue weighted by molar-refractivity contribution is 5.89. The van der Waals surface area contributed by atoms with E-state index in [0.29, 0.717) is 24.2 Å². The maximum atomic E-state index is 11.5. The zero-order chi connectivity index (χ0) is 12.0. The summed E-state index contributed by atoms with van der Waals surface area (Å²) in [6.45, 7) is 5.95. The Balaban J connectivity index is 2.53. The number of ether oxygens (including phenoxy) is 1. The normalized spacial score (nSPS) is 9.25. The third-order valence-electron chi connectivity index (χ3n) is 2.01. The Morgan fingerprint density at radius 2 is 2.06 bits per heavy atom. The zero-order valence-electron chi connectivity index (χ0n) is 9.19. The summed E-state index contributed by atoms with van der Waals surface area (Å²) in [6, 6.07) is 8.34. The summed E-state index contributed by atoms with van der Waals surface area (Å²) in [5, 5.41) is 8.59. The van der Waals surface area contributed by atoms with Crippen LogP contribution in [-0.2, 0) is 4.74 Å². The van der Waals surface area contributed by atoms with E-state index in [9.17, 15) is 4.79 Å². The topological polar surface area (TPSA) is 50.1 Å². The molecule has 0 spiro atoms. The molecule has 0 N–H and O–H groups in total. The van der Waals surface area contributed by atoms with Crippen LogP contribution < -0.4 is 0 Å². The number of nitrogens with zero attached hydrogens (tertiary/aromatic N) is 1. The van der Waals surface area contributed by atoms with Crippen molar-refractivity contribution >= 4 is 5.97 Å². The molecule has 0 heterocycles. The van der Waals surface area contributed by atoms with Crippen LogP contribution in [0, 0.1) is 11.3 Å². The molecule has 0 aromatic heterocycles. The van der Waals surface area contributed by atoms with Gasteiger partial charge in [0, 0.05) is 6.42 Å². The van der Waals surface area contributed by atoms with Gasteiger partial charge in [-0.3, -0.25) is 0 Å². The summed E-state index contributed by atoms with van der Waals surface area (Å²) in [5.41, 5.74) is 1.96. The predicted molar refractivity (Wildman–Crippen MR) is 60.9 cm³/mol. The standard InChI is InChI=1S/C13H13NO2/c1-10(2)7-8-16-13(15)12-5-3-11(9-14)4-6-12/h3-6H,1,7-8H2,2H3. The monoisotopic (exact) mass is 215 g/mol. The summed E-state index contributed by atoms with van der Waals surface area (Å²) in [7, 11) is 0. The minimum Gasteiger partial charge on any atom is -0.462 e. The molecule has 82 valence electrons. The number of rotatable bonds is 4. The second kappa shape index (κ2) is 5.72. The summed E-state index contributed by atoms with van der Waals surface area (Å²) in [5.74, 6) is -0.370. The van der Waals surface area contributed by atoms with Gasteiger partial charge in [-0.05, 0) is 31.2 Å². The number of hydrogen-bond donors (Lipinski definition) is 0. The number of nitriles is 1. The van der Waals surface area contributed by atoms with Gasteiger partial charge in [0.25, 0.3) is 0 Å².